The molecule has 0 saturated heterocycles. The third-order valence-electron chi connectivity index (χ3n) is 3.15. The number of thioether (sulfide) groups is 1. The number of methoxy groups -OCH3 is 1. The van der Waals surface area contributed by atoms with E-state index in [-0.39, 0.29) is 11.5 Å². The van der Waals surface area contributed by atoms with E-state index < -0.39 is 0 Å². The Balaban J connectivity index is 2.05. The van der Waals surface area contributed by atoms with Crippen molar-refractivity contribution in [1.82, 2.24) is 0 Å². The monoisotopic (exact) mass is 362 g/mol. The van der Waals surface area contributed by atoms with E-state index in [2.05, 4.69) is 15.9 Å². The molecule has 2 aromatic rings. The van der Waals surface area contributed by atoms with Crippen LogP contribution in [0.5, 0.6) is 11.5 Å². The first-order valence-electron chi connectivity index (χ1n) is 6.20. The fourth-order valence-electron chi connectivity index (χ4n) is 2.14. The number of ether oxygens (including phenoxy) is 1. The topological polar surface area (TPSA) is 46.5 Å². The quantitative estimate of drug-likeness (QED) is 0.799. The van der Waals surface area contributed by atoms with Crippen LogP contribution in [0.1, 0.15) is 15.9 Å². The number of hydrogen-bond donors (Lipinski definition) is 1. The average Bonchev–Trinajstić information content (AvgIpc) is 2.79. The third-order valence-corrected chi connectivity index (χ3v) is 4.71. The van der Waals surface area contributed by atoms with Gasteiger partial charge in [0.1, 0.15) is 0 Å². The molecule has 21 heavy (non-hydrogen) atoms. The van der Waals surface area contributed by atoms with Crippen LogP contribution >= 0.6 is 27.7 Å². The Bertz CT molecular complexity index is 768. The van der Waals surface area contributed by atoms with E-state index >= 15 is 0 Å². The Kier molecular flexibility index (Phi) is 3.78. The molecule has 0 amide bonds. The molecule has 106 valence electrons. The Hall–Kier alpha value is -1.72. The van der Waals surface area contributed by atoms with Crippen LogP contribution in [0.3, 0.4) is 0 Å². The normalized spacial score (nSPS) is 15.3. The Morgan fingerprint density at radius 3 is 2.76 bits per heavy atom. The SMILES string of the molecule is COc1cc(Br)cc(/C=C2\Sc3ccccc3C2=O)c1O. The van der Waals surface area contributed by atoms with Gasteiger partial charge in [0.05, 0.1) is 12.0 Å². The molecule has 1 N–H and O–H groups in total. The predicted octanol–water partition coefficient (Wildman–Crippen LogP) is 4.49. The summed E-state index contributed by atoms with van der Waals surface area (Å²) < 4.78 is 5.89. The van der Waals surface area contributed by atoms with Crippen molar-refractivity contribution in [2.45, 2.75) is 4.90 Å². The van der Waals surface area contributed by atoms with Crippen LogP contribution in [0.15, 0.2) is 50.7 Å². The van der Waals surface area contributed by atoms with E-state index in [0.29, 0.717) is 21.8 Å². The summed E-state index contributed by atoms with van der Waals surface area (Å²) in [5.41, 5.74) is 1.25. The van der Waals surface area contributed by atoms with E-state index in [1.54, 1.807) is 18.2 Å². The van der Waals surface area contributed by atoms with Crippen molar-refractivity contribution in [1.29, 1.82) is 0 Å². The highest BCUT2D eigenvalue weighted by atomic mass is 79.9. The van der Waals surface area contributed by atoms with Crippen molar-refractivity contribution < 1.29 is 14.6 Å². The second-order valence-corrected chi connectivity index (χ2v) is 6.48. The first-order valence-corrected chi connectivity index (χ1v) is 7.81. The maximum atomic E-state index is 12.3. The van der Waals surface area contributed by atoms with Crippen molar-refractivity contribution in [2.75, 3.05) is 7.11 Å². The summed E-state index contributed by atoms with van der Waals surface area (Å²) in [6, 6.07) is 10.9. The standard InChI is InChI=1S/C16H11BrO3S/c1-20-12-8-10(17)6-9(15(12)18)7-14-16(19)11-4-2-3-5-13(11)21-14/h2-8,18H,1H3/b14-7-. The molecule has 0 fully saturated rings. The molecule has 5 heteroatoms. The number of benzene rings is 2. The minimum Gasteiger partial charge on any atom is -0.504 e. The van der Waals surface area contributed by atoms with Gasteiger partial charge >= 0.3 is 0 Å². The molecule has 0 atom stereocenters. The summed E-state index contributed by atoms with van der Waals surface area (Å²) in [5.74, 6) is 0.371. The number of rotatable bonds is 2. The highest BCUT2D eigenvalue weighted by Gasteiger charge is 2.25. The molecule has 0 bridgehead atoms. The van der Waals surface area contributed by atoms with E-state index in [9.17, 15) is 9.90 Å². The van der Waals surface area contributed by atoms with Gasteiger partial charge in [0.25, 0.3) is 0 Å². The molecule has 3 rings (SSSR count). The first-order chi connectivity index (χ1) is 10.1. The van der Waals surface area contributed by atoms with Gasteiger partial charge in [-0.3, -0.25) is 4.79 Å². The predicted molar refractivity (Wildman–Crippen MR) is 87.0 cm³/mol. The van der Waals surface area contributed by atoms with Crippen LogP contribution in [0.25, 0.3) is 6.08 Å². The molecule has 1 aliphatic heterocycles. The number of ketones is 1. The summed E-state index contributed by atoms with van der Waals surface area (Å²) in [6.07, 6.45) is 1.69. The Morgan fingerprint density at radius 2 is 2.05 bits per heavy atom. The molecular weight excluding hydrogens is 352 g/mol. The maximum Gasteiger partial charge on any atom is 0.200 e. The van der Waals surface area contributed by atoms with Gasteiger partial charge in [0.2, 0.25) is 5.78 Å². The zero-order chi connectivity index (χ0) is 15.0. The summed E-state index contributed by atoms with van der Waals surface area (Å²) in [6.45, 7) is 0. The van der Waals surface area contributed by atoms with Gasteiger partial charge in [-0.05, 0) is 30.3 Å². The molecule has 2 aromatic carbocycles. The number of phenolic OH excluding ortho intramolecular Hbond substituents is 1. The molecule has 0 aromatic heterocycles. The summed E-state index contributed by atoms with van der Waals surface area (Å²) >= 11 is 4.78. The second-order valence-electron chi connectivity index (χ2n) is 4.48. The number of carbonyl (C=O) groups is 1. The van der Waals surface area contributed by atoms with Crippen LogP contribution in [-0.4, -0.2) is 18.0 Å². The van der Waals surface area contributed by atoms with Crippen molar-refractivity contribution >= 4 is 39.6 Å². The van der Waals surface area contributed by atoms with E-state index in [1.165, 1.54) is 18.9 Å². The van der Waals surface area contributed by atoms with Crippen molar-refractivity contribution in [3.63, 3.8) is 0 Å². The number of carbonyl (C=O) groups excluding carboxylic acids is 1. The van der Waals surface area contributed by atoms with Gasteiger partial charge in [0.15, 0.2) is 11.5 Å². The first kappa shape index (κ1) is 14.2. The molecule has 0 unspecified atom stereocenters. The molecule has 1 heterocycles. The highest BCUT2D eigenvalue weighted by Crippen LogP contribution is 2.42. The zero-order valence-electron chi connectivity index (χ0n) is 11.1. The molecule has 0 saturated carbocycles. The number of allylic oxidation sites excluding steroid dienone is 1. The van der Waals surface area contributed by atoms with Crippen LogP contribution in [0.2, 0.25) is 0 Å². The second kappa shape index (κ2) is 5.58. The molecule has 1 aliphatic rings. The molecular formula is C16H11BrO3S. The lowest BCUT2D eigenvalue weighted by Gasteiger charge is -2.07. The van der Waals surface area contributed by atoms with Gasteiger partial charge in [-0.15, -0.1) is 0 Å². The fraction of sp³-hybridized carbons (Fsp3) is 0.0625. The fourth-order valence-corrected chi connectivity index (χ4v) is 3.63. The van der Waals surface area contributed by atoms with E-state index in [1.807, 2.05) is 24.3 Å². The van der Waals surface area contributed by atoms with Gasteiger partial charge in [-0.1, -0.05) is 39.8 Å². The number of aromatic hydroxyl groups is 1. The lowest BCUT2D eigenvalue weighted by molar-refractivity contribution is 0.104. The van der Waals surface area contributed by atoms with Crippen molar-refractivity contribution in [2.24, 2.45) is 0 Å². The minimum absolute atomic E-state index is 0.0195. The lowest BCUT2D eigenvalue weighted by atomic mass is 10.1. The smallest absolute Gasteiger partial charge is 0.200 e. The van der Waals surface area contributed by atoms with Crippen LogP contribution in [0.4, 0.5) is 0 Å². The van der Waals surface area contributed by atoms with Gasteiger partial charge in [0, 0.05) is 20.5 Å². The molecule has 0 aliphatic carbocycles. The zero-order valence-corrected chi connectivity index (χ0v) is 13.5. The Morgan fingerprint density at radius 1 is 1.29 bits per heavy atom. The number of hydrogen-bond acceptors (Lipinski definition) is 4. The van der Waals surface area contributed by atoms with Gasteiger partial charge in [-0.2, -0.15) is 0 Å². The van der Waals surface area contributed by atoms with Gasteiger partial charge in [-0.25, -0.2) is 0 Å². The summed E-state index contributed by atoms with van der Waals surface area (Å²) in [7, 11) is 1.49. The Labute approximate surface area is 134 Å². The van der Waals surface area contributed by atoms with E-state index in [4.69, 9.17) is 4.74 Å². The lowest BCUT2D eigenvalue weighted by Crippen LogP contribution is -1.94. The van der Waals surface area contributed by atoms with Crippen LogP contribution in [0, 0.1) is 0 Å². The number of Topliss-reactive ketones (excluding diaryl/α,β-unsaturated/α-hetero) is 1. The van der Waals surface area contributed by atoms with Crippen molar-refractivity contribution in [3.05, 3.63) is 56.9 Å². The minimum atomic E-state index is -0.0195. The largest absolute Gasteiger partial charge is 0.504 e. The van der Waals surface area contributed by atoms with Crippen molar-refractivity contribution in [3.8, 4) is 11.5 Å². The van der Waals surface area contributed by atoms with Gasteiger partial charge < -0.3 is 9.84 Å². The number of halogens is 1. The maximum absolute atomic E-state index is 12.3. The highest BCUT2D eigenvalue weighted by molar-refractivity contribution is 9.10. The number of phenols is 1. The summed E-state index contributed by atoms with van der Waals surface area (Å²) in [5, 5.41) is 10.2. The average molecular weight is 363 g/mol. The third kappa shape index (κ3) is 2.59. The molecule has 0 spiro atoms. The summed E-state index contributed by atoms with van der Waals surface area (Å²) in [4.78, 5) is 13.9. The number of fused-ring (bicyclic) bond motifs is 1. The molecule has 0 radical (unpaired) electrons. The van der Waals surface area contributed by atoms with Crippen LogP contribution < -0.4 is 4.74 Å². The molecule has 3 nitrogen and oxygen atoms in total. The van der Waals surface area contributed by atoms with Crippen LogP contribution in [-0.2, 0) is 0 Å². The van der Waals surface area contributed by atoms with E-state index in [0.717, 1.165) is 9.37 Å².